The van der Waals surface area contributed by atoms with Crippen molar-refractivity contribution in [2.45, 2.75) is 23.1 Å². The average molecular weight is 388 g/mol. The highest BCUT2D eigenvalue weighted by Crippen LogP contribution is 2.44. The van der Waals surface area contributed by atoms with E-state index in [2.05, 4.69) is 10.0 Å². The van der Waals surface area contributed by atoms with E-state index in [1.54, 1.807) is 42.5 Å². The van der Waals surface area contributed by atoms with E-state index in [9.17, 15) is 13.5 Å². The molecule has 10 heteroatoms. The van der Waals surface area contributed by atoms with Crippen molar-refractivity contribution in [2.75, 3.05) is 17.5 Å². The topological polar surface area (TPSA) is 125 Å². The Morgan fingerprint density at radius 2 is 1.81 bits per heavy atom. The van der Waals surface area contributed by atoms with Crippen LogP contribution in [0.15, 0.2) is 58.5 Å². The van der Waals surface area contributed by atoms with E-state index in [1.165, 1.54) is 6.07 Å². The van der Waals surface area contributed by atoms with Crippen LogP contribution < -0.4 is 9.04 Å². The Kier molecular flexibility index (Phi) is 4.40. The molecule has 2 aliphatic heterocycles. The number of rotatable bonds is 2. The van der Waals surface area contributed by atoms with E-state index in [4.69, 9.17) is 15.0 Å². The number of aliphatic hydroxyl groups excluding tert-OH is 1. The summed E-state index contributed by atoms with van der Waals surface area (Å²) in [4.78, 5) is 2.70. The molecule has 3 atom stereocenters. The van der Waals surface area contributed by atoms with Gasteiger partial charge in [-0.25, -0.2) is 8.42 Å². The SMILES string of the molecule is [N-]=[N+]=NC1COC[C@H](N2c3ccccc3Oc3ccccc3S2(=O)=O)[C@H]1O. The number of hydrogen-bond donors (Lipinski definition) is 1. The first-order valence-corrected chi connectivity index (χ1v) is 9.68. The van der Waals surface area contributed by atoms with E-state index >= 15 is 0 Å². The fourth-order valence-electron chi connectivity index (χ4n) is 3.32. The van der Waals surface area contributed by atoms with Crippen LogP contribution in [0.5, 0.6) is 11.5 Å². The summed E-state index contributed by atoms with van der Waals surface area (Å²) < 4.78 is 39.3. The lowest BCUT2D eigenvalue weighted by molar-refractivity contribution is -0.0176. The molecule has 2 aliphatic rings. The van der Waals surface area contributed by atoms with Gasteiger partial charge in [-0.15, -0.1) is 0 Å². The van der Waals surface area contributed by atoms with Crippen LogP contribution in [0.25, 0.3) is 10.4 Å². The maximum atomic E-state index is 13.5. The van der Waals surface area contributed by atoms with Gasteiger partial charge in [-0.2, -0.15) is 0 Å². The van der Waals surface area contributed by atoms with Crippen LogP contribution in [-0.4, -0.2) is 44.9 Å². The first kappa shape index (κ1) is 17.6. The van der Waals surface area contributed by atoms with Gasteiger partial charge in [-0.1, -0.05) is 29.4 Å². The van der Waals surface area contributed by atoms with E-state index in [0.717, 1.165) is 4.31 Å². The smallest absolute Gasteiger partial charge is 0.268 e. The van der Waals surface area contributed by atoms with E-state index in [-0.39, 0.29) is 29.5 Å². The van der Waals surface area contributed by atoms with Gasteiger partial charge >= 0.3 is 0 Å². The minimum absolute atomic E-state index is 0.0145. The normalized spacial score (nSPS) is 26.0. The molecule has 9 nitrogen and oxygen atoms in total. The molecule has 0 bridgehead atoms. The lowest BCUT2D eigenvalue weighted by Gasteiger charge is -2.39. The zero-order chi connectivity index (χ0) is 19.0. The number of ether oxygens (including phenoxy) is 2. The fraction of sp³-hybridized carbons (Fsp3) is 0.294. The third kappa shape index (κ3) is 2.88. The van der Waals surface area contributed by atoms with Gasteiger partial charge in [0.1, 0.15) is 10.6 Å². The van der Waals surface area contributed by atoms with Crippen LogP contribution in [-0.2, 0) is 14.8 Å². The predicted octanol–water partition coefficient (Wildman–Crippen LogP) is 2.43. The minimum Gasteiger partial charge on any atom is -0.454 e. The second-order valence-electron chi connectivity index (χ2n) is 6.19. The van der Waals surface area contributed by atoms with Crippen molar-refractivity contribution in [3.8, 4) is 11.5 Å². The number of azide groups is 1. The lowest BCUT2D eigenvalue weighted by atomic mass is 10.0. The molecule has 2 aromatic carbocycles. The molecule has 4 rings (SSSR count). The largest absolute Gasteiger partial charge is 0.454 e. The molecule has 0 spiro atoms. The maximum Gasteiger partial charge on any atom is 0.268 e. The van der Waals surface area contributed by atoms with Gasteiger partial charge in [-0.3, -0.25) is 4.31 Å². The van der Waals surface area contributed by atoms with Gasteiger partial charge in [0, 0.05) is 4.91 Å². The van der Waals surface area contributed by atoms with Gasteiger partial charge in [0.2, 0.25) is 0 Å². The monoisotopic (exact) mass is 388 g/mol. The highest BCUT2D eigenvalue weighted by atomic mass is 32.2. The van der Waals surface area contributed by atoms with Crippen LogP contribution in [0.1, 0.15) is 0 Å². The Morgan fingerprint density at radius 3 is 2.59 bits per heavy atom. The molecule has 0 aromatic heterocycles. The standard InChI is InChI=1S/C17H16N4O5S/c18-20-19-11-9-25-10-13(17(11)22)21-12-5-1-2-6-14(12)26-15-7-3-4-8-16(15)27(21,23)24/h1-8,11,13,17,22H,9-10H2/t11?,13-,17-/m0/s1. The summed E-state index contributed by atoms with van der Waals surface area (Å²) in [5.74, 6) is 0.536. The van der Waals surface area contributed by atoms with Gasteiger partial charge in [0.15, 0.2) is 5.75 Å². The molecular formula is C17H16N4O5S. The van der Waals surface area contributed by atoms with Gasteiger partial charge < -0.3 is 14.6 Å². The zero-order valence-corrected chi connectivity index (χ0v) is 14.9. The van der Waals surface area contributed by atoms with Crippen molar-refractivity contribution < 1.29 is 23.0 Å². The Bertz CT molecular complexity index is 1020. The van der Waals surface area contributed by atoms with Gasteiger partial charge in [-0.05, 0) is 29.8 Å². The van der Waals surface area contributed by atoms with E-state index in [1.807, 2.05) is 0 Å². The lowest BCUT2D eigenvalue weighted by Crippen LogP contribution is -2.57. The van der Waals surface area contributed by atoms with Crippen LogP contribution >= 0.6 is 0 Å². The molecule has 0 radical (unpaired) electrons. The summed E-state index contributed by atoms with van der Waals surface area (Å²) in [6, 6.07) is 11.1. The van der Waals surface area contributed by atoms with E-state index < -0.39 is 28.2 Å². The average Bonchev–Trinajstić information content (AvgIpc) is 2.76. The minimum atomic E-state index is -4.07. The number of sulfonamides is 1. The third-order valence-electron chi connectivity index (χ3n) is 4.58. The summed E-state index contributed by atoms with van der Waals surface area (Å²) in [6.45, 7) is -0.0291. The second kappa shape index (κ2) is 6.75. The zero-order valence-electron chi connectivity index (χ0n) is 14.0. The molecule has 0 aliphatic carbocycles. The molecule has 0 amide bonds. The number of para-hydroxylation sites is 3. The van der Waals surface area contributed by atoms with Crippen LogP contribution in [0.3, 0.4) is 0 Å². The summed E-state index contributed by atoms with van der Waals surface area (Å²) in [6.07, 6.45) is -1.23. The molecule has 1 saturated heterocycles. The van der Waals surface area contributed by atoms with Crippen molar-refractivity contribution in [3.63, 3.8) is 0 Å². The number of benzene rings is 2. The Morgan fingerprint density at radius 1 is 1.11 bits per heavy atom. The number of hydrogen-bond acceptors (Lipinski definition) is 6. The predicted molar refractivity (Wildman–Crippen MR) is 96.2 cm³/mol. The summed E-state index contributed by atoms with van der Waals surface area (Å²) in [7, 11) is -4.07. The summed E-state index contributed by atoms with van der Waals surface area (Å²) in [5.41, 5.74) is 8.99. The molecule has 1 fully saturated rings. The van der Waals surface area contributed by atoms with Crippen LogP contribution in [0.4, 0.5) is 5.69 Å². The molecule has 1 unspecified atom stereocenters. The molecule has 140 valence electrons. The Balaban J connectivity index is 1.91. The fourth-order valence-corrected chi connectivity index (χ4v) is 5.10. The molecular weight excluding hydrogens is 372 g/mol. The van der Waals surface area contributed by atoms with Gasteiger partial charge in [0.25, 0.3) is 10.0 Å². The number of aliphatic hydroxyl groups is 1. The second-order valence-corrected chi connectivity index (χ2v) is 7.97. The summed E-state index contributed by atoms with van der Waals surface area (Å²) in [5, 5.41) is 14.3. The van der Waals surface area contributed by atoms with Crippen LogP contribution in [0.2, 0.25) is 0 Å². The summed E-state index contributed by atoms with van der Waals surface area (Å²) >= 11 is 0. The van der Waals surface area contributed by atoms with Gasteiger partial charge in [0.05, 0.1) is 37.1 Å². The highest BCUT2D eigenvalue weighted by molar-refractivity contribution is 7.93. The molecule has 1 N–H and O–H groups in total. The number of anilines is 1. The number of nitrogens with zero attached hydrogens (tertiary/aromatic N) is 4. The van der Waals surface area contributed by atoms with Crippen LogP contribution in [0, 0.1) is 0 Å². The highest BCUT2D eigenvalue weighted by Gasteiger charge is 2.44. The third-order valence-corrected chi connectivity index (χ3v) is 6.45. The van der Waals surface area contributed by atoms with Crippen molar-refractivity contribution in [1.29, 1.82) is 0 Å². The van der Waals surface area contributed by atoms with Crippen molar-refractivity contribution in [3.05, 3.63) is 59.0 Å². The quantitative estimate of drug-likeness (QED) is 0.480. The molecule has 2 aromatic rings. The van der Waals surface area contributed by atoms with Crippen molar-refractivity contribution in [1.82, 2.24) is 0 Å². The Labute approximate surface area is 155 Å². The number of fused-ring (bicyclic) bond motifs is 2. The maximum absolute atomic E-state index is 13.5. The first-order chi connectivity index (χ1) is 13.0. The first-order valence-electron chi connectivity index (χ1n) is 8.24. The van der Waals surface area contributed by atoms with Crippen molar-refractivity contribution >= 4 is 15.7 Å². The molecule has 2 heterocycles. The van der Waals surface area contributed by atoms with E-state index in [0.29, 0.717) is 5.75 Å². The molecule has 0 saturated carbocycles. The van der Waals surface area contributed by atoms with Crippen molar-refractivity contribution in [2.24, 2.45) is 5.11 Å². The Hall–Kier alpha value is -2.78. The molecule has 27 heavy (non-hydrogen) atoms.